The SMILES string of the molecule is CN1CCc2nc(NC(=O)Cc3csc(-c4cccc(CN5CCOCC5)c4)n3)sc2C1. The van der Waals surface area contributed by atoms with Crippen molar-refractivity contribution < 1.29 is 9.53 Å². The third-order valence-electron chi connectivity index (χ3n) is 5.75. The Hall–Kier alpha value is -2.17. The van der Waals surface area contributed by atoms with Crippen LogP contribution in [-0.2, 0) is 35.5 Å². The molecule has 0 aliphatic carbocycles. The molecule has 168 valence electrons. The highest BCUT2D eigenvalue weighted by atomic mass is 32.1. The summed E-state index contributed by atoms with van der Waals surface area (Å²) < 4.78 is 5.44. The van der Waals surface area contributed by atoms with Gasteiger partial charge in [-0.1, -0.05) is 18.2 Å². The Kier molecular flexibility index (Phi) is 6.61. The first-order valence-electron chi connectivity index (χ1n) is 10.9. The van der Waals surface area contributed by atoms with Gasteiger partial charge in [0.25, 0.3) is 0 Å². The average molecular weight is 470 g/mol. The Morgan fingerprint density at radius 1 is 1.22 bits per heavy atom. The van der Waals surface area contributed by atoms with Gasteiger partial charge in [-0.25, -0.2) is 9.97 Å². The van der Waals surface area contributed by atoms with Gasteiger partial charge in [0.15, 0.2) is 5.13 Å². The van der Waals surface area contributed by atoms with E-state index < -0.39 is 0 Å². The Morgan fingerprint density at radius 2 is 2.09 bits per heavy atom. The van der Waals surface area contributed by atoms with E-state index in [0.29, 0.717) is 5.13 Å². The summed E-state index contributed by atoms with van der Waals surface area (Å²) in [7, 11) is 2.11. The van der Waals surface area contributed by atoms with E-state index in [9.17, 15) is 4.79 Å². The van der Waals surface area contributed by atoms with Gasteiger partial charge in [-0.05, 0) is 18.7 Å². The predicted molar refractivity (Wildman–Crippen MR) is 128 cm³/mol. The molecule has 3 aromatic rings. The van der Waals surface area contributed by atoms with Gasteiger partial charge in [-0.3, -0.25) is 9.69 Å². The number of morpholine rings is 1. The van der Waals surface area contributed by atoms with Gasteiger partial charge >= 0.3 is 0 Å². The van der Waals surface area contributed by atoms with Crippen LogP contribution in [0.15, 0.2) is 29.6 Å². The molecule has 1 fully saturated rings. The molecule has 0 radical (unpaired) electrons. The molecule has 0 unspecified atom stereocenters. The molecule has 1 saturated heterocycles. The number of aromatic nitrogens is 2. The molecule has 1 aromatic carbocycles. The summed E-state index contributed by atoms with van der Waals surface area (Å²) in [5.41, 5.74) is 4.29. The maximum absolute atomic E-state index is 12.6. The Morgan fingerprint density at radius 3 is 2.97 bits per heavy atom. The van der Waals surface area contributed by atoms with E-state index in [1.54, 1.807) is 22.7 Å². The standard InChI is InChI=1S/C23H27N5O2S2/c1-27-6-5-19-20(14-27)32-23(25-19)26-21(29)12-18-15-31-22(24-18)17-4-2-3-16(11-17)13-28-7-9-30-10-8-28/h2-4,11,15H,5-10,12-14H2,1H3,(H,25,26,29). The van der Waals surface area contributed by atoms with Crippen molar-refractivity contribution in [1.29, 1.82) is 0 Å². The number of likely N-dealkylation sites (N-methyl/N-ethyl adjacent to an activating group) is 1. The third-order valence-corrected chi connectivity index (χ3v) is 7.68. The van der Waals surface area contributed by atoms with E-state index in [2.05, 4.69) is 51.4 Å². The molecule has 2 aliphatic rings. The van der Waals surface area contributed by atoms with Gasteiger partial charge in [-0.15, -0.1) is 22.7 Å². The lowest BCUT2D eigenvalue weighted by Gasteiger charge is -2.26. The van der Waals surface area contributed by atoms with Crippen molar-refractivity contribution in [2.24, 2.45) is 0 Å². The molecule has 0 atom stereocenters. The van der Waals surface area contributed by atoms with E-state index >= 15 is 0 Å². The minimum atomic E-state index is -0.0673. The number of carbonyl (C=O) groups excluding carboxylic acids is 1. The number of fused-ring (bicyclic) bond motifs is 1. The Balaban J connectivity index is 1.20. The molecular weight excluding hydrogens is 442 g/mol. The molecule has 4 heterocycles. The maximum Gasteiger partial charge on any atom is 0.232 e. The second kappa shape index (κ2) is 9.76. The smallest absolute Gasteiger partial charge is 0.232 e. The van der Waals surface area contributed by atoms with E-state index in [4.69, 9.17) is 9.72 Å². The minimum absolute atomic E-state index is 0.0673. The molecule has 9 heteroatoms. The summed E-state index contributed by atoms with van der Waals surface area (Å²) in [5, 5.41) is 6.59. The van der Waals surface area contributed by atoms with Crippen LogP contribution in [0.4, 0.5) is 5.13 Å². The fourth-order valence-electron chi connectivity index (χ4n) is 4.05. The number of carbonyl (C=O) groups is 1. The van der Waals surface area contributed by atoms with Gasteiger partial charge in [-0.2, -0.15) is 0 Å². The second-order valence-corrected chi connectivity index (χ2v) is 10.3. The maximum atomic E-state index is 12.6. The zero-order valence-electron chi connectivity index (χ0n) is 18.2. The fraction of sp³-hybridized carbons (Fsp3) is 0.435. The van der Waals surface area contributed by atoms with Crippen LogP contribution < -0.4 is 5.32 Å². The summed E-state index contributed by atoms with van der Waals surface area (Å²) in [4.78, 5) is 27.8. The first-order chi connectivity index (χ1) is 15.6. The van der Waals surface area contributed by atoms with Gasteiger partial charge < -0.3 is 15.0 Å². The van der Waals surface area contributed by atoms with Crippen LogP contribution in [-0.4, -0.2) is 65.6 Å². The molecule has 2 aliphatic heterocycles. The number of amides is 1. The highest BCUT2D eigenvalue weighted by Gasteiger charge is 2.19. The summed E-state index contributed by atoms with van der Waals surface area (Å²) in [5.74, 6) is -0.0673. The van der Waals surface area contributed by atoms with Crippen LogP contribution in [0.5, 0.6) is 0 Å². The van der Waals surface area contributed by atoms with Crippen molar-refractivity contribution in [2.45, 2.75) is 25.9 Å². The molecule has 0 saturated carbocycles. The second-order valence-electron chi connectivity index (χ2n) is 8.33. The largest absolute Gasteiger partial charge is 0.379 e. The number of hydrogen-bond acceptors (Lipinski definition) is 8. The Labute approximate surface area is 196 Å². The Bertz CT molecular complexity index is 1090. The first kappa shape index (κ1) is 21.7. The molecule has 32 heavy (non-hydrogen) atoms. The minimum Gasteiger partial charge on any atom is -0.379 e. The van der Waals surface area contributed by atoms with E-state index in [0.717, 1.165) is 74.3 Å². The number of thiazole rings is 2. The van der Waals surface area contributed by atoms with Crippen molar-refractivity contribution >= 4 is 33.7 Å². The van der Waals surface area contributed by atoms with Crippen molar-refractivity contribution in [3.05, 3.63) is 51.5 Å². The number of nitrogens with one attached hydrogen (secondary N) is 1. The highest BCUT2D eigenvalue weighted by Crippen LogP contribution is 2.28. The fourth-order valence-corrected chi connectivity index (χ4v) is 5.97. The lowest BCUT2D eigenvalue weighted by Crippen LogP contribution is -2.35. The zero-order chi connectivity index (χ0) is 21.9. The van der Waals surface area contributed by atoms with Crippen LogP contribution >= 0.6 is 22.7 Å². The lowest BCUT2D eigenvalue weighted by atomic mass is 10.1. The molecule has 0 bridgehead atoms. The topological polar surface area (TPSA) is 70.6 Å². The van der Waals surface area contributed by atoms with Gasteiger partial charge in [0.1, 0.15) is 5.01 Å². The molecule has 7 nitrogen and oxygen atoms in total. The number of rotatable bonds is 6. The van der Waals surface area contributed by atoms with E-state index in [1.165, 1.54) is 10.4 Å². The van der Waals surface area contributed by atoms with Gasteiger partial charge in [0, 0.05) is 55.0 Å². The number of benzene rings is 1. The highest BCUT2D eigenvalue weighted by molar-refractivity contribution is 7.15. The van der Waals surface area contributed by atoms with E-state index in [1.807, 2.05) is 5.38 Å². The van der Waals surface area contributed by atoms with Crippen LogP contribution in [0.25, 0.3) is 10.6 Å². The zero-order valence-corrected chi connectivity index (χ0v) is 19.8. The number of nitrogens with zero attached hydrogens (tertiary/aromatic N) is 4. The monoisotopic (exact) mass is 469 g/mol. The van der Waals surface area contributed by atoms with Crippen molar-refractivity contribution in [1.82, 2.24) is 19.8 Å². The van der Waals surface area contributed by atoms with Crippen LogP contribution in [0.3, 0.4) is 0 Å². The molecule has 0 spiro atoms. The predicted octanol–water partition coefficient (Wildman–Crippen LogP) is 3.27. The number of anilines is 1. The van der Waals surface area contributed by atoms with Crippen LogP contribution in [0.1, 0.15) is 21.8 Å². The van der Waals surface area contributed by atoms with Crippen LogP contribution in [0, 0.1) is 0 Å². The quantitative estimate of drug-likeness (QED) is 0.598. The molecule has 1 amide bonds. The van der Waals surface area contributed by atoms with Crippen molar-refractivity contribution in [3.63, 3.8) is 0 Å². The lowest BCUT2D eigenvalue weighted by molar-refractivity contribution is -0.115. The van der Waals surface area contributed by atoms with E-state index in [-0.39, 0.29) is 12.3 Å². The van der Waals surface area contributed by atoms with Gasteiger partial charge in [0.05, 0.1) is 31.0 Å². The summed E-state index contributed by atoms with van der Waals surface area (Å²) >= 11 is 3.17. The first-order valence-corrected chi connectivity index (χ1v) is 12.6. The number of hydrogen-bond donors (Lipinski definition) is 1. The molecule has 5 rings (SSSR count). The normalized spacial score (nSPS) is 17.3. The van der Waals surface area contributed by atoms with Crippen LogP contribution in [0.2, 0.25) is 0 Å². The summed E-state index contributed by atoms with van der Waals surface area (Å²) in [6.45, 7) is 6.39. The summed E-state index contributed by atoms with van der Waals surface area (Å²) in [6, 6.07) is 8.53. The molecule has 2 aromatic heterocycles. The average Bonchev–Trinajstić information content (AvgIpc) is 3.41. The number of ether oxygens (including phenoxy) is 1. The third kappa shape index (κ3) is 5.24. The van der Waals surface area contributed by atoms with Gasteiger partial charge in [0.2, 0.25) is 5.91 Å². The molecule has 1 N–H and O–H groups in total. The van der Waals surface area contributed by atoms with Crippen molar-refractivity contribution in [3.8, 4) is 10.6 Å². The summed E-state index contributed by atoms with van der Waals surface area (Å²) in [6.07, 6.45) is 1.20. The van der Waals surface area contributed by atoms with Crippen molar-refractivity contribution in [2.75, 3.05) is 45.2 Å². The molecular formula is C23H27N5O2S2.